The maximum absolute atomic E-state index is 12.1. The summed E-state index contributed by atoms with van der Waals surface area (Å²) < 4.78 is 6.70. The highest BCUT2D eigenvalue weighted by Gasteiger charge is 2.19. The number of aromatic amines is 1. The van der Waals surface area contributed by atoms with E-state index in [-0.39, 0.29) is 5.56 Å². The van der Waals surface area contributed by atoms with Gasteiger partial charge in [-0.25, -0.2) is 4.68 Å². The van der Waals surface area contributed by atoms with Crippen LogP contribution in [0.3, 0.4) is 0 Å². The highest BCUT2D eigenvalue weighted by atomic mass is 32.2. The first-order valence-corrected chi connectivity index (χ1v) is 6.50. The number of methoxy groups -OCH3 is 1. The summed E-state index contributed by atoms with van der Waals surface area (Å²) in [5, 5.41) is 3.16. The lowest BCUT2D eigenvalue weighted by Crippen LogP contribution is -2.16. The number of hydrogen-bond acceptors (Lipinski definition) is 3. The molecule has 0 bridgehead atoms. The Kier molecular flexibility index (Phi) is 2.48. The quantitative estimate of drug-likeness (QED) is 0.883. The summed E-state index contributed by atoms with van der Waals surface area (Å²) >= 11 is 1.77. The normalized spacial score (nSPS) is 13.7. The van der Waals surface area contributed by atoms with Crippen molar-refractivity contribution < 1.29 is 4.74 Å². The SMILES string of the molecule is COc1ccc(-n2[nH]c3c(c2=O)CSC3)cc1. The van der Waals surface area contributed by atoms with Crippen molar-refractivity contribution in [2.75, 3.05) is 7.11 Å². The smallest absolute Gasteiger partial charge is 0.275 e. The first kappa shape index (κ1) is 10.5. The predicted molar refractivity (Wildman–Crippen MR) is 67.9 cm³/mol. The minimum Gasteiger partial charge on any atom is -0.497 e. The molecule has 0 radical (unpaired) electrons. The Morgan fingerprint density at radius 1 is 1.29 bits per heavy atom. The molecule has 1 aliphatic heterocycles. The lowest BCUT2D eigenvalue weighted by Gasteiger charge is -2.04. The van der Waals surface area contributed by atoms with E-state index in [0.29, 0.717) is 0 Å². The van der Waals surface area contributed by atoms with Crippen LogP contribution in [0.4, 0.5) is 0 Å². The first-order valence-electron chi connectivity index (χ1n) is 5.34. The molecule has 0 fully saturated rings. The number of ether oxygens (including phenoxy) is 1. The molecule has 0 unspecified atom stereocenters. The number of hydrogen-bond donors (Lipinski definition) is 1. The zero-order chi connectivity index (χ0) is 11.8. The zero-order valence-electron chi connectivity index (χ0n) is 9.40. The second kappa shape index (κ2) is 4.00. The number of nitrogens with zero attached hydrogens (tertiary/aromatic N) is 1. The van der Waals surface area contributed by atoms with Gasteiger partial charge in [0, 0.05) is 11.5 Å². The van der Waals surface area contributed by atoms with Crippen molar-refractivity contribution in [1.82, 2.24) is 9.78 Å². The van der Waals surface area contributed by atoms with E-state index in [4.69, 9.17) is 4.74 Å². The number of rotatable bonds is 2. The molecule has 5 heteroatoms. The van der Waals surface area contributed by atoms with E-state index in [1.165, 1.54) is 0 Å². The molecule has 0 amide bonds. The molecule has 1 aromatic carbocycles. The summed E-state index contributed by atoms with van der Waals surface area (Å²) in [5.74, 6) is 2.50. The van der Waals surface area contributed by atoms with E-state index in [1.54, 1.807) is 23.6 Å². The van der Waals surface area contributed by atoms with Crippen molar-refractivity contribution in [2.24, 2.45) is 0 Å². The third-order valence-corrected chi connectivity index (χ3v) is 3.88. The van der Waals surface area contributed by atoms with Gasteiger partial charge in [0.05, 0.1) is 24.1 Å². The monoisotopic (exact) mass is 248 g/mol. The first-order chi connectivity index (χ1) is 8.29. The fourth-order valence-electron chi connectivity index (χ4n) is 1.95. The maximum atomic E-state index is 12.1. The predicted octanol–water partition coefficient (Wildman–Crippen LogP) is 1.92. The maximum Gasteiger partial charge on any atom is 0.275 e. The second-order valence-corrected chi connectivity index (χ2v) is 4.89. The van der Waals surface area contributed by atoms with Crippen molar-refractivity contribution in [3.8, 4) is 11.4 Å². The van der Waals surface area contributed by atoms with E-state index in [9.17, 15) is 4.79 Å². The summed E-state index contributed by atoms with van der Waals surface area (Å²) in [6.45, 7) is 0. The van der Waals surface area contributed by atoms with Gasteiger partial charge in [-0.05, 0) is 24.3 Å². The fraction of sp³-hybridized carbons (Fsp3) is 0.250. The van der Waals surface area contributed by atoms with Crippen LogP contribution in [-0.2, 0) is 11.5 Å². The van der Waals surface area contributed by atoms with Crippen LogP contribution >= 0.6 is 11.8 Å². The van der Waals surface area contributed by atoms with Crippen LogP contribution in [-0.4, -0.2) is 16.9 Å². The molecule has 1 aliphatic rings. The third kappa shape index (κ3) is 1.67. The molecule has 2 heterocycles. The van der Waals surface area contributed by atoms with Crippen LogP contribution in [0, 0.1) is 0 Å². The fourth-order valence-corrected chi connectivity index (χ4v) is 3.00. The van der Waals surface area contributed by atoms with Crippen LogP contribution in [0.25, 0.3) is 5.69 Å². The van der Waals surface area contributed by atoms with E-state index in [2.05, 4.69) is 5.10 Å². The molecule has 1 N–H and O–H groups in total. The van der Waals surface area contributed by atoms with Crippen LogP contribution in [0.15, 0.2) is 29.1 Å². The molecule has 0 spiro atoms. The molecular weight excluding hydrogens is 236 g/mol. The average molecular weight is 248 g/mol. The summed E-state index contributed by atoms with van der Waals surface area (Å²) in [6, 6.07) is 7.45. The molecule has 0 saturated heterocycles. The molecule has 3 rings (SSSR count). The van der Waals surface area contributed by atoms with Gasteiger partial charge in [0.1, 0.15) is 5.75 Å². The number of benzene rings is 1. The number of nitrogens with one attached hydrogen (secondary N) is 1. The highest BCUT2D eigenvalue weighted by Crippen LogP contribution is 2.26. The third-order valence-electron chi connectivity index (χ3n) is 2.90. The van der Waals surface area contributed by atoms with Gasteiger partial charge < -0.3 is 4.74 Å². The van der Waals surface area contributed by atoms with Crippen LogP contribution in [0.1, 0.15) is 11.3 Å². The molecule has 2 aromatic rings. The topological polar surface area (TPSA) is 47.0 Å². The Balaban J connectivity index is 2.06. The standard InChI is InChI=1S/C12H12N2O2S/c1-16-9-4-2-8(3-5-9)14-12(15)10-6-17-7-11(10)13-14/h2-5,13H,6-7H2,1H3. The van der Waals surface area contributed by atoms with Crippen molar-refractivity contribution >= 4 is 11.8 Å². The van der Waals surface area contributed by atoms with E-state index in [0.717, 1.165) is 34.2 Å². The van der Waals surface area contributed by atoms with Gasteiger partial charge in [0.15, 0.2) is 0 Å². The van der Waals surface area contributed by atoms with Gasteiger partial charge in [-0.2, -0.15) is 11.8 Å². The molecule has 0 atom stereocenters. The summed E-state index contributed by atoms with van der Waals surface area (Å²) in [4.78, 5) is 12.1. The largest absolute Gasteiger partial charge is 0.497 e. The number of H-pyrrole nitrogens is 1. The molecule has 17 heavy (non-hydrogen) atoms. The Hall–Kier alpha value is -1.62. The van der Waals surface area contributed by atoms with Gasteiger partial charge in [-0.15, -0.1) is 0 Å². The molecule has 1 aromatic heterocycles. The highest BCUT2D eigenvalue weighted by molar-refractivity contribution is 7.98. The summed E-state index contributed by atoms with van der Waals surface area (Å²) in [7, 11) is 1.63. The molecule has 0 saturated carbocycles. The lowest BCUT2D eigenvalue weighted by molar-refractivity contribution is 0.414. The van der Waals surface area contributed by atoms with Gasteiger partial charge in [-0.3, -0.25) is 9.89 Å². The zero-order valence-corrected chi connectivity index (χ0v) is 10.2. The van der Waals surface area contributed by atoms with E-state index in [1.807, 2.05) is 24.3 Å². The number of aromatic nitrogens is 2. The van der Waals surface area contributed by atoms with Crippen LogP contribution < -0.4 is 10.3 Å². The van der Waals surface area contributed by atoms with Crippen molar-refractivity contribution in [1.29, 1.82) is 0 Å². The lowest BCUT2D eigenvalue weighted by atomic mass is 10.3. The van der Waals surface area contributed by atoms with Gasteiger partial charge >= 0.3 is 0 Å². The van der Waals surface area contributed by atoms with E-state index >= 15 is 0 Å². The van der Waals surface area contributed by atoms with Crippen molar-refractivity contribution in [2.45, 2.75) is 11.5 Å². The Morgan fingerprint density at radius 2 is 2.06 bits per heavy atom. The van der Waals surface area contributed by atoms with Gasteiger partial charge in [0.2, 0.25) is 0 Å². The van der Waals surface area contributed by atoms with Gasteiger partial charge in [0.25, 0.3) is 5.56 Å². The minimum absolute atomic E-state index is 0.0650. The van der Waals surface area contributed by atoms with E-state index < -0.39 is 0 Å². The van der Waals surface area contributed by atoms with Gasteiger partial charge in [-0.1, -0.05) is 0 Å². The van der Waals surface area contributed by atoms with Crippen LogP contribution in [0.2, 0.25) is 0 Å². The average Bonchev–Trinajstić information content (AvgIpc) is 2.93. The van der Waals surface area contributed by atoms with Crippen molar-refractivity contribution in [3.63, 3.8) is 0 Å². The molecule has 0 aliphatic carbocycles. The number of fused-ring (bicyclic) bond motifs is 1. The second-order valence-electron chi connectivity index (χ2n) is 3.90. The van der Waals surface area contributed by atoms with Crippen molar-refractivity contribution in [3.05, 3.63) is 45.9 Å². The summed E-state index contributed by atoms with van der Waals surface area (Å²) in [6.07, 6.45) is 0. The molecule has 88 valence electrons. The van der Waals surface area contributed by atoms with Crippen LogP contribution in [0.5, 0.6) is 5.75 Å². The Morgan fingerprint density at radius 3 is 2.71 bits per heavy atom. The minimum atomic E-state index is 0.0650. The molecule has 4 nitrogen and oxygen atoms in total. The molecular formula is C12H12N2O2S. The summed E-state index contributed by atoms with van der Waals surface area (Å²) in [5.41, 5.74) is 2.87. The Labute approximate surface area is 103 Å². The number of thioether (sulfide) groups is 1. The Bertz CT molecular complexity index is 598.